The number of non-ortho nitro benzene ring substituents is 1. The zero-order valence-electron chi connectivity index (χ0n) is 14.7. The Morgan fingerprint density at radius 2 is 1.57 bits per heavy atom. The molecule has 3 aromatic rings. The molecule has 0 saturated carbocycles. The number of anilines is 1. The van der Waals surface area contributed by atoms with Crippen LogP contribution in [-0.2, 0) is 4.79 Å². The van der Waals surface area contributed by atoms with E-state index < -0.39 is 4.92 Å². The standard InChI is InChI=1S/C21H16N2O4S/c24-20-14-28-21(15-6-8-17(9-7-15)23(25)26)22(20)16-10-12-19(13-11-16)27-18-4-2-1-3-5-18/h1-13,21H,14H2/t21-/m0/s1. The smallest absolute Gasteiger partial charge is 0.269 e. The summed E-state index contributed by atoms with van der Waals surface area (Å²) in [5.74, 6) is 1.79. The van der Waals surface area contributed by atoms with Crippen LogP contribution in [0.1, 0.15) is 10.9 Å². The van der Waals surface area contributed by atoms with E-state index in [1.54, 1.807) is 17.0 Å². The van der Waals surface area contributed by atoms with Crippen molar-refractivity contribution < 1.29 is 14.5 Å². The molecule has 0 aliphatic carbocycles. The summed E-state index contributed by atoms with van der Waals surface area (Å²) in [4.78, 5) is 24.6. The van der Waals surface area contributed by atoms with Crippen LogP contribution in [0, 0.1) is 10.1 Å². The lowest BCUT2D eigenvalue weighted by Gasteiger charge is -2.24. The molecular weight excluding hydrogens is 376 g/mol. The van der Waals surface area contributed by atoms with Crippen LogP contribution < -0.4 is 9.64 Å². The van der Waals surface area contributed by atoms with E-state index in [1.807, 2.05) is 54.6 Å². The molecular formula is C21H16N2O4S. The molecule has 7 heteroatoms. The van der Waals surface area contributed by atoms with Crippen LogP contribution in [0.5, 0.6) is 11.5 Å². The number of hydrogen-bond acceptors (Lipinski definition) is 5. The van der Waals surface area contributed by atoms with Gasteiger partial charge in [-0.3, -0.25) is 19.8 Å². The summed E-state index contributed by atoms with van der Waals surface area (Å²) >= 11 is 1.50. The van der Waals surface area contributed by atoms with Gasteiger partial charge in [0.25, 0.3) is 5.69 Å². The number of thioether (sulfide) groups is 1. The molecule has 0 bridgehead atoms. The van der Waals surface area contributed by atoms with Crippen LogP contribution >= 0.6 is 11.8 Å². The molecule has 0 unspecified atom stereocenters. The average Bonchev–Trinajstić information content (AvgIpc) is 3.11. The highest BCUT2D eigenvalue weighted by molar-refractivity contribution is 8.00. The van der Waals surface area contributed by atoms with Crippen LogP contribution in [0.4, 0.5) is 11.4 Å². The number of amides is 1. The summed E-state index contributed by atoms with van der Waals surface area (Å²) in [6, 6.07) is 23.2. The monoisotopic (exact) mass is 392 g/mol. The first-order chi connectivity index (χ1) is 13.6. The predicted molar refractivity (Wildman–Crippen MR) is 109 cm³/mol. The van der Waals surface area contributed by atoms with Crippen molar-refractivity contribution in [3.63, 3.8) is 0 Å². The fraction of sp³-hybridized carbons (Fsp3) is 0.0952. The molecule has 3 aromatic carbocycles. The average molecular weight is 392 g/mol. The zero-order chi connectivity index (χ0) is 19.5. The van der Waals surface area contributed by atoms with Crippen molar-refractivity contribution in [3.8, 4) is 11.5 Å². The van der Waals surface area contributed by atoms with Gasteiger partial charge in [0.1, 0.15) is 16.9 Å². The molecule has 1 saturated heterocycles. The number of ether oxygens (including phenoxy) is 1. The molecule has 1 atom stereocenters. The molecule has 1 heterocycles. The third kappa shape index (κ3) is 3.70. The molecule has 0 radical (unpaired) electrons. The van der Waals surface area contributed by atoms with Gasteiger partial charge in [-0.1, -0.05) is 18.2 Å². The van der Waals surface area contributed by atoms with Gasteiger partial charge < -0.3 is 4.74 Å². The number of hydrogen-bond donors (Lipinski definition) is 0. The fourth-order valence-electron chi connectivity index (χ4n) is 3.01. The Balaban J connectivity index is 1.55. The second-order valence-corrected chi connectivity index (χ2v) is 7.25. The van der Waals surface area contributed by atoms with E-state index in [0.29, 0.717) is 11.5 Å². The molecule has 1 fully saturated rings. The van der Waals surface area contributed by atoms with E-state index in [4.69, 9.17) is 4.74 Å². The van der Waals surface area contributed by atoms with Gasteiger partial charge in [-0.2, -0.15) is 0 Å². The van der Waals surface area contributed by atoms with Gasteiger partial charge in [0.15, 0.2) is 0 Å². The molecule has 28 heavy (non-hydrogen) atoms. The van der Waals surface area contributed by atoms with Crippen molar-refractivity contribution in [2.75, 3.05) is 10.7 Å². The number of nitro groups is 1. The third-order valence-corrected chi connectivity index (χ3v) is 5.56. The van der Waals surface area contributed by atoms with Gasteiger partial charge >= 0.3 is 0 Å². The van der Waals surface area contributed by atoms with Gasteiger partial charge in [0.05, 0.1) is 10.7 Å². The zero-order valence-corrected chi connectivity index (χ0v) is 15.5. The van der Waals surface area contributed by atoms with Crippen molar-refractivity contribution in [2.45, 2.75) is 5.37 Å². The van der Waals surface area contributed by atoms with E-state index in [2.05, 4.69) is 0 Å². The molecule has 6 nitrogen and oxygen atoms in total. The quantitative estimate of drug-likeness (QED) is 0.443. The largest absolute Gasteiger partial charge is 0.457 e. The summed E-state index contributed by atoms with van der Waals surface area (Å²) in [5.41, 5.74) is 1.65. The second-order valence-electron chi connectivity index (χ2n) is 6.18. The van der Waals surface area contributed by atoms with Gasteiger partial charge in [0, 0.05) is 17.8 Å². The number of benzene rings is 3. The fourth-order valence-corrected chi connectivity index (χ4v) is 4.19. The Labute approximate surface area is 165 Å². The summed E-state index contributed by atoms with van der Waals surface area (Å²) in [6.07, 6.45) is 0. The van der Waals surface area contributed by atoms with E-state index in [9.17, 15) is 14.9 Å². The molecule has 4 rings (SSSR count). The highest BCUT2D eigenvalue weighted by atomic mass is 32.2. The summed E-state index contributed by atoms with van der Waals surface area (Å²) < 4.78 is 5.80. The minimum atomic E-state index is -0.431. The summed E-state index contributed by atoms with van der Waals surface area (Å²) in [6.45, 7) is 0. The Morgan fingerprint density at radius 3 is 2.21 bits per heavy atom. The molecule has 0 aromatic heterocycles. The Kier molecular flexibility index (Phi) is 4.99. The number of carbonyl (C=O) groups is 1. The maximum absolute atomic E-state index is 12.5. The number of nitro benzene ring substituents is 1. The Bertz CT molecular complexity index is 991. The van der Waals surface area contributed by atoms with Crippen molar-refractivity contribution >= 4 is 29.0 Å². The lowest BCUT2D eigenvalue weighted by molar-refractivity contribution is -0.384. The highest BCUT2D eigenvalue weighted by Gasteiger charge is 2.34. The predicted octanol–water partition coefficient (Wildman–Crippen LogP) is 5.17. The van der Waals surface area contributed by atoms with Crippen LogP contribution in [0.25, 0.3) is 0 Å². The number of rotatable bonds is 5. The van der Waals surface area contributed by atoms with Crippen LogP contribution in [-0.4, -0.2) is 16.6 Å². The van der Waals surface area contributed by atoms with Crippen molar-refractivity contribution in [3.05, 3.63) is 94.5 Å². The minimum Gasteiger partial charge on any atom is -0.457 e. The molecule has 0 spiro atoms. The normalized spacial score (nSPS) is 16.2. The van der Waals surface area contributed by atoms with Gasteiger partial charge in [-0.25, -0.2) is 0 Å². The van der Waals surface area contributed by atoms with E-state index >= 15 is 0 Å². The summed E-state index contributed by atoms with van der Waals surface area (Å²) in [7, 11) is 0. The van der Waals surface area contributed by atoms with Gasteiger partial charge in [-0.05, 0) is 54.1 Å². The first-order valence-electron chi connectivity index (χ1n) is 8.63. The van der Waals surface area contributed by atoms with Gasteiger partial charge in [0.2, 0.25) is 5.91 Å². The minimum absolute atomic E-state index is 0.00470. The second kappa shape index (κ2) is 7.74. The maximum atomic E-state index is 12.5. The SMILES string of the molecule is O=C1CS[C@@H](c2ccc([N+](=O)[O-])cc2)N1c1ccc(Oc2ccccc2)cc1. The van der Waals surface area contributed by atoms with Crippen LogP contribution in [0.15, 0.2) is 78.9 Å². The molecule has 140 valence electrons. The Hall–Kier alpha value is -3.32. The van der Waals surface area contributed by atoms with E-state index in [0.717, 1.165) is 17.0 Å². The van der Waals surface area contributed by atoms with Crippen molar-refractivity contribution in [1.82, 2.24) is 0 Å². The topological polar surface area (TPSA) is 72.7 Å². The first kappa shape index (κ1) is 18.1. The molecule has 0 N–H and O–H groups in total. The number of nitrogens with zero attached hydrogens (tertiary/aromatic N) is 2. The van der Waals surface area contributed by atoms with E-state index in [-0.39, 0.29) is 17.0 Å². The van der Waals surface area contributed by atoms with Gasteiger partial charge in [-0.15, -0.1) is 11.8 Å². The third-order valence-electron chi connectivity index (χ3n) is 4.35. The molecule has 1 aliphatic rings. The summed E-state index contributed by atoms with van der Waals surface area (Å²) in [5, 5.41) is 10.6. The number of para-hydroxylation sites is 1. The lowest BCUT2D eigenvalue weighted by atomic mass is 10.1. The van der Waals surface area contributed by atoms with E-state index in [1.165, 1.54) is 23.9 Å². The van der Waals surface area contributed by atoms with Crippen molar-refractivity contribution in [1.29, 1.82) is 0 Å². The highest BCUT2D eigenvalue weighted by Crippen LogP contribution is 2.42. The molecule has 1 aliphatic heterocycles. The Morgan fingerprint density at radius 1 is 0.929 bits per heavy atom. The maximum Gasteiger partial charge on any atom is 0.269 e. The van der Waals surface area contributed by atoms with Crippen LogP contribution in [0.2, 0.25) is 0 Å². The molecule has 1 amide bonds. The van der Waals surface area contributed by atoms with Crippen LogP contribution in [0.3, 0.4) is 0 Å². The first-order valence-corrected chi connectivity index (χ1v) is 9.68. The number of carbonyl (C=O) groups excluding carboxylic acids is 1. The van der Waals surface area contributed by atoms with Crippen molar-refractivity contribution in [2.24, 2.45) is 0 Å². The lowest BCUT2D eigenvalue weighted by Crippen LogP contribution is -2.27.